The Morgan fingerprint density at radius 2 is 1.95 bits per heavy atom. The predicted molar refractivity (Wildman–Crippen MR) is 81.5 cm³/mol. The molecular formula is C15H17Cl2NO3. The molecule has 1 fully saturated rings. The lowest BCUT2D eigenvalue weighted by Gasteiger charge is -2.34. The van der Waals surface area contributed by atoms with E-state index in [0.29, 0.717) is 28.6 Å². The fourth-order valence-corrected chi connectivity index (χ4v) is 3.10. The average molecular weight is 330 g/mol. The van der Waals surface area contributed by atoms with Crippen LogP contribution >= 0.6 is 23.2 Å². The molecule has 2 rings (SSSR count). The minimum absolute atomic E-state index is 0.0893. The van der Waals surface area contributed by atoms with Gasteiger partial charge in [-0.25, -0.2) is 4.79 Å². The number of carbonyl (C=O) groups is 2. The Morgan fingerprint density at radius 3 is 2.57 bits per heavy atom. The molecule has 0 aromatic heterocycles. The minimum atomic E-state index is -0.502. The van der Waals surface area contributed by atoms with Crippen molar-refractivity contribution >= 4 is 35.1 Å². The van der Waals surface area contributed by atoms with Gasteiger partial charge in [0.1, 0.15) is 6.04 Å². The summed E-state index contributed by atoms with van der Waals surface area (Å²) in [6, 6.07) is 4.63. The molecule has 0 aliphatic carbocycles. The number of rotatable bonds is 3. The molecule has 1 amide bonds. The first-order chi connectivity index (χ1) is 10.0. The molecule has 0 spiro atoms. The van der Waals surface area contributed by atoms with E-state index in [1.807, 2.05) is 0 Å². The maximum Gasteiger partial charge on any atom is 0.328 e. The largest absolute Gasteiger partial charge is 0.467 e. The number of likely N-dealkylation sites (tertiary alicyclic amines) is 1. The van der Waals surface area contributed by atoms with Gasteiger partial charge < -0.3 is 9.64 Å². The molecule has 1 atom stereocenters. The van der Waals surface area contributed by atoms with E-state index < -0.39 is 6.04 Å². The van der Waals surface area contributed by atoms with Crippen molar-refractivity contribution in [3.8, 4) is 0 Å². The third kappa shape index (κ3) is 3.69. The highest BCUT2D eigenvalue weighted by Gasteiger charge is 2.33. The first-order valence-electron chi connectivity index (χ1n) is 6.84. The van der Waals surface area contributed by atoms with Gasteiger partial charge in [0, 0.05) is 16.6 Å². The van der Waals surface area contributed by atoms with Crippen LogP contribution in [0.25, 0.3) is 0 Å². The number of halogens is 2. The van der Waals surface area contributed by atoms with Gasteiger partial charge in [-0.2, -0.15) is 0 Å². The molecule has 1 heterocycles. The van der Waals surface area contributed by atoms with Gasteiger partial charge in [0.15, 0.2) is 0 Å². The summed E-state index contributed by atoms with van der Waals surface area (Å²) in [7, 11) is 1.34. The van der Waals surface area contributed by atoms with E-state index in [0.717, 1.165) is 12.8 Å². The van der Waals surface area contributed by atoms with Gasteiger partial charge in [-0.3, -0.25) is 4.79 Å². The Balaban J connectivity index is 2.16. The normalized spacial score (nSPS) is 18.4. The van der Waals surface area contributed by atoms with E-state index in [9.17, 15) is 9.59 Å². The molecule has 1 aromatic carbocycles. The minimum Gasteiger partial charge on any atom is -0.467 e. The number of methoxy groups -OCH3 is 1. The van der Waals surface area contributed by atoms with Crippen molar-refractivity contribution in [3.05, 3.63) is 33.8 Å². The van der Waals surface area contributed by atoms with Crippen LogP contribution in [-0.4, -0.2) is 36.5 Å². The summed E-state index contributed by atoms with van der Waals surface area (Å²) in [6.07, 6.45) is 2.52. The van der Waals surface area contributed by atoms with Gasteiger partial charge in [0.2, 0.25) is 5.91 Å². The van der Waals surface area contributed by atoms with Crippen LogP contribution in [0.1, 0.15) is 24.8 Å². The Bertz CT molecular complexity index is 527. The number of hydrogen-bond acceptors (Lipinski definition) is 3. The summed E-state index contributed by atoms with van der Waals surface area (Å²) in [5, 5.41) is 0.921. The smallest absolute Gasteiger partial charge is 0.328 e. The summed E-state index contributed by atoms with van der Waals surface area (Å²) >= 11 is 12.2. The first-order valence-corrected chi connectivity index (χ1v) is 7.60. The van der Waals surface area contributed by atoms with Crippen molar-refractivity contribution in [2.24, 2.45) is 0 Å². The molecule has 1 aliphatic heterocycles. The maximum absolute atomic E-state index is 12.5. The standard InChI is InChI=1S/C15H17Cl2NO3/c1-21-15(20)13-7-2-3-8-18(13)14(19)9-10-11(16)5-4-6-12(10)17/h4-6,13H,2-3,7-9H2,1H3/t13-/m1/s1. The van der Waals surface area contributed by atoms with Crippen molar-refractivity contribution in [2.75, 3.05) is 13.7 Å². The molecule has 0 N–H and O–H groups in total. The van der Waals surface area contributed by atoms with Crippen molar-refractivity contribution in [2.45, 2.75) is 31.7 Å². The third-order valence-corrected chi connectivity index (χ3v) is 4.39. The highest BCUT2D eigenvalue weighted by molar-refractivity contribution is 6.36. The zero-order valence-electron chi connectivity index (χ0n) is 11.8. The molecule has 6 heteroatoms. The summed E-state index contributed by atoms with van der Waals surface area (Å²) in [6.45, 7) is 0.556. The molecule has 1 aromatic rings. The molecule has 4 nitrogen and oxygen atoms in total. The number of piperidine rings is 1. The van der Waals surface area contributed by atoms with Gasteiger partial charge in [-0.1, -0.05) is 29.3 Å². The van der Waals surface area contributed by atoms with E-state index in [1.54, 1.807) is 23.1 Å². The van der Waals surface area contributed by atoms with Crippen LogP contribution in [0.5, 0.6) is 0 Å². The number of amides is 1. The summed E-state index contributed by atoms with van der Waals surface area (Å²) in [5.74, 6) is -0.520. The molecule has 0 radical (unpaired) electrons. The Labute approximate surface area is 134 Å². The van der Waals surface area contributed by atoms with E-state index in [4.69, 9.17) is 27.9 Å². The van der Waals surface area contributed by atoms with Crippen molar-refractivity contribution in [1.82, 2.24) is 4.90 Å². The van der Waals surface area contributed by atoms with E-state index in [-0.39, 0.29) is 18.3 Å². The van der Waals surface area contributed by atoms with Crippen LogP contribution in [0.4, 0.5) is 0 Å². The lowest BCUT2D eigenvalue weighted by atomic mass is 10.0. The van der Waals surface area contributed by atoms with Crippen molar-refractivity contribution < 1.29 is 14.3 Å². The predicted octanol–water partition coefficient (Wildman–Crippen LogP) is 3.09. The fourth-order valence-electron chi connectivity index (χ4n) is 2.57. The quantitative estimate of drug-likeness (QED) is 0.800. The fraction of sp³-hybridized carbons (Fsp3) is 0.467. The molecule has 114 valence electrons. The molecule has 0 saturated carbocycles. The summed E-state index contributed by atoms with van der Waals surface area (Å²) < 4.78 is 4.78. The van der Waals surface area contributed by atoms with Crippen molar-refractivity contribution in [1.29, 1.82) is 0 Å². The number of ether oxygens (including phenoxy) is 1. The molecular weight excluding hydrogens is 313 g/mol. The summed E-state index contributed by atoms with van der Waals surface area (Å²) in [5.41, 5.74) is 0.597. The second-order valence-electron chi connectivity index (χ2n) is 5.00. The van der Waals surface area contributed by atoms with Gasteiger partial charge >= 0.3 is 5.97 Å². The van der Waals surface area contributed by atoms with Gasteiger partial charge in [-0.05, 0) is 37.0 Å². The zero-order valence-corrected chi connectivity index (χ0v) is 13.3. The van der Waals surface area contributed by atoms with Crippen LogP contribution in [0.3, 0.4) is 0 Å². The lowest BCUT2D eigenvalue weighted by Crippen LogP contribution is -2.49. The molecule has 0 bridgehead atoms. The zero-order chi connectivity index (χ0) is 15.4. The maximum atomic E-state index is 12.5. The number of benzene rings is 1. The first kappa shape index (κ1) is 16.1. The van der Waals surface area contributed by atoms with Crippen LogP contribution in [0.2, 0.25) is 10.0 Å². The van der Waals surface area contributed by atoms with E-state index in [2.05, 4.69) is 0 Å². The summed E-state index contributed by atoms with van der Waals surface area (Å²) in [4.78, 5) is 25.9. The van der Waals surface area contributed by atoms with E-state index in [1.165, 1.54) is 7.11 Å². The Hall–Kier alpha value is -1.26. The lowest BCUT2D eigenvalue weighted by molar-refractivity contribution is -0.154. The molecule has 21 heavy (non-hydrogen) atoms. The SMILES string of the molecule is COC(=O)[C@H]1CCCCN1C(=O)Cc1c(Cl)cccc1Cl. The average Bonchev–Trinajstić information content (AvgIpc) is 2.50. The molecule has 0 unspecified atom stereocenters. The van der Waals surface area contributed by atoms with Crippen LogP contribution in [0.15, 0.2) is 18.2 Å². The number of nitrogens with zero attached hydrogens (tertiary/aromatic N) is 1. The highest BCUT2D eigenvalue weighted by atomic mass is 35.5. The highest BCUT2D eigenvalue weighted by Crippen LogP contribution is 2.26. The van der Waals surface area contributed by atoms with Crippen LogP contribution in [-0.2, 0) is 20.7 Å². The molecule has 1 saturated heterocycles. The van der Waals surface area contributed by atoms with E-state index >= 15 is 0 Å². The number of carbonyl (C=O) groups excluding carboxylic acids is 2. The topological polar surface area (TPSA) is 46.6 Å². The Kier molecular flexibility index (Phi) is 5.48. The van der Waals surface area contributed by atoms with Crippen LogP contribution < -0.4 is 0 Å². The Morgan fingerprint density at radius 1 is 1.29 bits per heavy atom. The monoisotopic (exact) mass is 329 g/mol. The van der Waals surface area contributed by atoms with Gasteiger partial charge in [0.25, 0.3) is 0 Å². The number of esters is 1. The van der Waals surface area contributed by atoms with Crippen molar-refractivity contribution in [3.63, 3.8) is 0 Å². The number of hydrogen-bond donors (Lipinski definition) is 0. The van der Waals surface area contributed by atoms with Gasteiger partial charge in [-0.15, -0.1) is 0 Å². The second kappa shape index (κ2) is 7.14. The van der Waals surface area contributed by atoms with Crippen LogP contribution in [0, 0.1) is 0 Å². The second-order valence-corrected chi connectivity index (χ2v) is 5.81. The molecule has 1 aliphatic rings. The van der Waals surface area contributed by atoms with Gasteiger partial charge in [0.05, 0.1) is 13.5 Å². The third-order valence-electron chi connectivity index (χ3n) is 3.69.